The van der Waals surface area contributed by atoms with E-state index in [1.807, 2.05) is 7.05 Å². The van der Waals surface area contributed by atoms with Gasteiger partial charge in [-0.1, -0.05) is 24.9 Å². The first-order chi connectivity index (χ1) is 8.60. The van der Waals surface area contributed by atoms with Crippen LogP contribution in [0.5, 0.6) is 0 Å². The molecule has 0 aliphatic rings. The van der Waals surface area contributed by atoms with Crippen LogP contribution >= 0.6 is 27.5 Å². The van der Waals surface area contributed by atoms with Crippen molar-refractivity contribution >= 4 is 38.5 Å². The Morgan fingerprint density at radius 1 is 1.50 bits per heavy atom. The average molecular weight is 335 g/mol. The van der Waals surface area contributed by atoms with Crippen LogP contribution in [0.3, 0.4) is 0 Å². The summed E-state index contributed by atoms with van der Waals surface area (Å²) in [5, 5.41) is 3.65. The summed E-state index contributed by atoms with van der Waals surface area (Å²) in [5.74, 6) is 0.376. The van der Waals surface area contributed by atoms with E-state index in [4.69, 9.17) is 16.0 Å². The number of furan rings is 1. The third kappa shape index (κ3) is 2.29. The standard InChI is InChI=1S/C13H14BrClFNO/c1-3-4-7-10(6-17-2)18-13-8(14)5-9(15)12(16)11(7)13/h5,17H,3-4,6H2,1-2H3. The van der Waals surface area contributed by atoms with E-state index in [1.165, 1.54) is 6.07 Å². The molecule has 1 heterocycles. The zero-order chi connectivity index (χ0) is 13.3. The van der Waals surface area contributed by atoms with Crippen LogP contribution in [0.15, 0.2) is 15.0 Å². The van der Waals surface area contributed by atoms with Crippen LogP contribution in [0.25, 0.3) is 11.0 Å². The SMILES string of the molecule is CCCc1c(CNC)oc2c(Br)cc(Cl)c(F)c12. The second kappa shape index (κ2) is 5.59. The van der Waals surface area contributed by atoms with Crippen molar-refractivity contribution in [2.24, 2.45) is 0 Å². The van der Waals surface area contributed by atoms with Gasteiger partial charge in [-0.2, -0.15) is 0 Å². The Balaban J connectivity index is 2.76. The summed E-state index contributed by atoms with van der Waals surface area (Å²) in [6, 6.07) is 1.53. The number of hydrogen-bond donors (Lipinski definition) is 1. The normalized spacial score (nSPS) is 11.4. The third-order valence-electron chi connectivity index (χ3n) is 2.83. The minimum absolute atomic E-state index is 0.114. The molecule has 0 aliphatic carbocycles. The van der Waals surface area contributed by atoms with Gasteiger partial charge in [0.15, 0.2) is 11.4 Å². The van der Waals surface area contributed by atoms with Crippen molar-refractivity contribution in [3.05, 3.63) is 32.7 Å². The highest BCUT2D eigenvalue weighted by Crippen LogP contribution is 2.37. The van der Waals surface area contributed by atoms with Gasteiger partial charge in [0.05, 0.1) is 21.4 Å². The van der Waals surface area contributed by atoms with E-state index in [1.54, 1.807) is 0 Å². The van der Waals surface area contributed by atoms with Gasteiger partial charge in [-0.15, -0.1) is 0 Å². The smallest absolute Gasteiger partial charge is 0.153 e. The van der Waals surface area contributed by atoms with Crippen LogP contribution in [0.4, 0.5) is 4.39 Å². The molecule has 2 rings (SSSR count). The van der Waals surface area contributed by atoms with E-state index in [-0.39, 0.29) is 5.02 Å². The Kier molecular flexibility index (Phi) is 4.30. The van der Waals surface area contributed by atoms with Crippen molar-refractivity contribution in [1.82, 2.24) is 5.32 Å². The summed E-state index contributed by atoms with van der Waals surface area (Å²) in [6.45, 7) is 2.63. The van der Waals surface area contributed by atoms with E-state index in [0.717, 1.165) is 24.2 Å². The quantitative estimate of drug-likeness (QED) is 0.823. The van der Waals surface area contributed by atoms with Gasteiger partial charge in [0, 0.05) is 5.56 Å². The largest absolute Gasteiger partial charge is 0.458 e. The van der Waals surface area contributed by atoms with E-state index in [2.05, 4.69) is 28.2 Å². The van der Waals surface area contributed by atoms with Crippen molar-refractivity contribution < 1.29 is 8.81 Å². The molecule has 0 radical (unpaired) electrons. The van der Waals surface area contributed by atoms with Crippen LogP contribution in [0.1, 0.15) is 24.7 Å². The molecule has 1 aromatic heterocycles. The number of halogens is 3. The first-order valence-electron chi connectivity index (χ1n) is 5.82. The van der Waals surface area contributed by atoms with E-state index < -0.39 is 5.82 Å². The monoisotopic (exact) mass is 333 g/mol. The maximum Gasteiger partial charge on any atom is 0.153 e. The first kappa shape index (κ1) is 13.8. The first-order valence-corrected chi connectivity index (χ1v) is 6.99. The molecule has 18 heavy (non-hydrogen) atoms. The molecule has 0 unspecified atom stereocenters. The lowest BCUT2D eigenvalue weighted by Crippen LogP contribution is -2.06. The van der Waals surface area contributed by atoms with Gasteiger partial charge in [0.1, 0.15) is 5.76 Å². The Labute approximate surface area is 119 Å². The Morgan fingerprint density at radius 3 is 2.83 bits per heavy atom. The predicted molar refractivity (Wildman–Crippen MR) is 75.6 cm³/mol. The number of aryl methyl sites for hydroxylation is 1. The van der Waals surface area contributed by atoms with E-state index in [0.29, 0.717) is 22.0 Å². The Bertz CT molecular complexity index is 582. The molecule has 98 valence electrons. The van der Waals surface area contributed by atoms with Crippen LogP contribution < -0.4 is 5.32 Å². The summed E-state index contributed by atoms with van der Waals surface area (Å²) >= 11 is 9.26. The van der Waals surface area contributed by atoms with Crippen LogP contribution in [-0.4, -0.2) is 7.05 Å². The molecule has 5 heteroatoms. The van der Waals surface area contributed by atoms with Crippen LogP contribution in [0, 0.1) is 5.82 Å². The lowest BCUT2D eigenvalue weighted by atomic mass is 10.1. The van der Waals surface area contributed by atoms with Crippen molar-refractivity contribution in [3.63, 3.8) is 0 Å². The van der Waals surface area contributed by atoms with Gasteiger partial charge in [-0.25, -0.2) is 4.39 Å². The van der Waals surface area contributed by atoms with E-state index in [9.17, 15) is 4.39 Å². The Hall–Kier alpha value is -0.580. The summed E-state index contributed by atoms with van der Waals surface area (Å²) in [5.41, 5.74) is 1.44. The zero-order valence-corrected chi connectivity index (χ0v) is 12.6. The zero-order valence-electron chi connectivity index (χ0n) is 10.2. The molecule has 0 amide bonds. The average Bonchev–Trinajstić information content (AvgIpc) is 2.67. The number of rotatable bonds is 4. The van der Waals surface area contributed by atoms with Gasteiger partial charge < -0.3 is 9.73 Å². The Morgan fingerprint density at radius 2 is 2.22 bits per heavy atom. The highest BCUT2D eigenvalue weighted by Gasteiger charge is 2.20. The number of fused-ring (bicyclic) bond motifs is 1. The molecule has 0 saturated carbocycles. The van der Waals surface area contributed by atoms with Crippen molar-refractivity contribution in [2.45, 2.75) is 26.3 Å². The molecule has 0 fully saturated rings. The molecule has 2 nitrogen and oxygen atoms in total. The molecular formula is C13H14BrClFNO. The molecule has 0 saturated heterocycles. The highest BCUT2D eigenvalue weighted by molar-refractivity contribution is 9.10. The van der Waals surface area contributed by atoms with E-state index >= 15 is 0 Å². The fourth-order valence-electron chi connectivity index (χ4n) is 2.09. The molecule has 0 aliphatic heterocycles. The van der Waals surface area contributed by atoms with Gasteiger partial charge in [-0.05, 0) is 35.5 Å². The summed E-state index contributed by atoms with van der Waals surface area (Å²) in [7, 11) is 1.83. The maximum atomic E-state index is 14.2. The molecule has 0 spiro atoms. The van der Waals surface area contributed by atoms with Crippen molar-refractivity contribution in [2.75, 3.05) is 7.05 Å². The lowest BCUT2D eigenvalue weighted by Gasteiger charge is -2.02. The molecule has 1 N–H and O–H groups in total. The van der Waals surface area contributed by atoms with Crippen LogP contribution in [0.2, 0.25) is 5.02 Å². The second-order valence-electron chi connectivity index (χ2n) is 4.14. The maximum absolute atomic E-state index is 14.2. The minimum atomic E-state index is -0.399. The summed E-state index contributed by atoms with van der Waals surface area (Å²) < 4.78 is 20.6. The number of nitrogens with one attached hydrogen (secondary N) is 1. The minimum Gasteiger partial charge on any atom is -0.458 e. The topological polar surface area (TPSA) is 25.2 Å². The van der Waals surface area contributed by atoms with Gasteiger partial charge in [0.2, 0.25) is 0 Å². The van der Waals surface area contributed by atoms with Crippen LogP contribution in [-0.2, 0) is 13.0 Å². The van der Waals surface area contributed by atoms with Gasteiger partial charge in [0.25, 0.3) is 0 Å². The third-order valence-corrected chi connectivity index (χ3v) is 3.69. The van der Waals surface area contributed by atoms with Gasteiger partial charge >= 0.3 is 0 Å². The molecule has 1 aromatic carbocycles. The predicted octanol–water partition coefficient (Wildman–Crippen LogP) is 4.66. The lowest BCUT2D eigenvalue weighted by molar-refractivity contribution is 0.522. The fourth-order valence-corrected chi connectivity index (χ4v) is 2.93. The fraction of sp³-hybridized carbons (Fsp3) is 0.385. The molecule has 0 atom stereocenters. The summed E-state index contributed by atoms with van der Waals surface area (Å²) in [6.07, 6.45) is 1.70. The molecule has 0 bridgehead atoms. The number of hydrogen-bond acceptors (Lipinski definition) is 2. The molecular weight excluding hydrogens is 321 g/mol. The number of benzene rings is 1. The van der Waals surface area contributed by atoms with Crippen molar-refractivity contribution in [3.8, 4) is 0 Å². The summed E-state index contributed by atoms with van der Waals surface area (Å²) in [4.78, 5) is 0. The second-order valence-corrected chi connectivity index (χ2v) is 5.40. The highest BCUT2D eigenvalue weighted by atomic mass is 79.9. The van der Waals surface area contributed by atoms with Gasteiger partial charge in [-0.3, -0.25) is 0 Å². The molecule has 2 aromatic rings. The van der Waals surface area contributed by atoms with Crippen molar-refractivity contribution in [1.29, 1.82) is 0 Å².